The quantitative estimate of drug-likeness (QED) is 0.238. The molecule has 0 nitrogen and oxygen atoms in total. The van der Waals surface area contributed by atoms with Gasteiger partial charge in [0.1, 0.15) is 0 Å². The first-order valence-electron chi connectivity index (χ1n) is 7.55. The Bertz CT molecular complexity index is 135. The maximum absolute atomic E-state index is 3.52. The molecule has 0 saturated carbocycles. The van der Waals surface area contributed by atoms with Crippen LogP contribution in [0.4, 0.5) is 0 Å². The molecule has 0 aliphatic carbocycles. The highest BCUT2D eigenvalue weighted by molar-refractivity contribution is 9.24. The SMILES string of the molecule is CCCCCCCCCCCCCCC(Br)Br. The lowest BCUT2D eigenvalue weighted by atomic mass is 10.1. The summed E-state index contributed by atoms with van der Waals surface area (Å²) in [7, 11) is 0. The third-order valence-corrected chi connectivity index (χ3v) is 4.19. The van der Waals surface area contributed by atoms with Crippen molar-refractivity contribution in [2.45, 2.75) is 94.1 Å². The van der Waals surface area contributed by atoms with E-state index in [-0.39, 0.29) is 0 Å². The van der Waals surface area contributed by atoms with E-state index in [0.717, 1.165) is 0 Å². The fraction of sp³-hybridized carbons (Fsp3) is 1.00. The molecule has 0 aromatic carbocycles. The van der Waals surface area contributed by atoms with E-state index >= 15 is 0 Å². The Kier molecular flexibility index (Phi) is 15.9. The van der Waals surface area contributed by atoms with Crippen molar-refractivity contribution in [3.05, 3.63) is 0 Å². The maximum atomic E-state index is 3.52. The van der Waals surface area contributed by atoms with Crippen molar-refractivity contribution in [3.63, 3.8) is 0 Å². The minimum absolute atomic E-state index is 0.526. The van der Waals surface area contributed by atoms with Crippen LogP contribution in [0.15, 0.2) is 0 Å². The molecule has 0 heterocycles. The summed E-state index contributed by atoms with van der Waals surface area (Å²) in [6, 6.07) is 0. The zero-order valence-corrected chi connectivity index (χ0v) is 14.7. The van der Waals surface area contributed by atoms with E-state index in [9.17, 15) is 0 Å². The molecular weight excluding hydrogens is 340 g/mol. The van der Waals surface area contributed by atoms with Crippen LogP contribution in [0, 0.1) is 0 Å². The van der Waals surface area contributed by atoms with Crippen LogP contribution in [0.1, 0.15) is 90.4 Å². The van der Waals surface area contributed by atoms with Crippen LogP contribution in [-0.4, -0.2) is 3.74 Å². The van der Waals surface area contributed by atoms with Crippen LogP contribution >= 0.6 is 31.9 Å². The number of rotatable bonds is 13. The van der Waals surface area contributed by atoms with Gasteiger partial charge in [0.2, 0.25) is 0 Å². The first kappa shape index (κ1) is 18.0. The van der Waals surface area contributed by atoms with Gasteiger partial charge in [-0.3, -0.25) is 0 Å². The zero-order valence-electron chi connectivity index (χ0n) is 11.5. The van der Waals surface area contributed by atoms with E-state index < -0.39 is 0 Å². The molecule has 104 valence electrons. The van der Waals surface area contributed by atoms with E-state index in [2.05, 4.69) is 38.8 Å². The molecule has 0 aromatic heterocycles. The normalized spacial score (nSPS) is 11.3. The molecule has 0 aromatic rings. The van der Waals surface area contributed by atoms with Crippen molar-refractivity contribution < 1.29 is 0 Å². The monoisotopic (exact) mass is 368 g/mol. The summed E-state index contributed by atoms with van der Waals surface area (Å²) >= 11 is 7.04. The summed E-state index contributed by atoms with van der Waals surface area (Å²) in [5.41, 5.74) is 0. The largest absolute Gasteiger partial charge is 0.0765 e. The molecule has 0 radical (unpaired) electrons. The molecule has 0 bridgehead atoms. The van der Waals surface area contributed by atoms with E-state index in [4.69, 9.17) is 0 Å². The molecule has 0 aliphatic heterocycles. The first-order chi connectivity index (χ1) is 8.27. The average Bonchev–Trinajstić information content (AvgIpc) is 2.30. The molecule has 0 rings (SSSR count). The van der Waals surface area contributed by atoms with E-state index in [0.29, 0.717) is 3.74 Å². The summed E-state index contributed by atoms with van der Waals surface area (Å²) in [5.74, 6) is 0. The van der Waals surface area contributed by atoms with Crippen molar-refractivity contribution in [1.29, 1.82) is 0 Å². The number of alkyl halides is 2. The number of halogens is 2. The topological polar surface area (TPSA) is 0 Å². The average molecular weight is 370 g/mol. The Balaban J connectivity index is 2.89. The lowest BCUT2D eigenvalue weighted by molar-refractivity contribution is 0.542. The minimum Gasteiger partial charge on any atom is -0.0765 e. The summed E-state index contributed by atoms with van der Waals surface area (Å²) in [5, 5.41) is 0. The van der Waals surface area contributed by atoms with Crippen molar-refractivity contribution in [2.24, 2.45) is 0 Å². The van der Waals surface area contributed by atoms with Crippen LogP contribution in [-0.2, 0) is 0 Å². The fourth-order valence-corrected chi connectivity index (χ4v) is 2.79. The molecule has 17 heavy (non-hydrogen) atoms. The molecular formula is C15H30Br2. The standard InChI is InChI=1S/C15H30Br2/c1-2-3-4-5-6-7-8-9-10-11-12-13-14-15(16)17/h15H,2-14H2,1H3. The maximum Gasteiger partial charge on any atom is 0.0697 e. The lowest BCUT2D eigenvalue weighted by Gasteiger charge is -2.03. The molecule has 0 amide bonds. The van der Waals surface area contributed by atoms with Crippen molar-refractivity contribution in [2.75, 3.05) is 0 Å². The molecule has 0 aliphatic rings. The van der Waals surface area contributed by atoms with Crippen LogP contribution in [0.5, 0.6) is 0 Å². The highest BCUT2D eigenvalue weighted by Crippen LogP contribution is 2.18. The molecule has 0 spiro atoms. The molecule has 0 atom stereocenters. The Labute approximate surface area is 126 Å². The second-order valence-electron chi connectivity index (χ2n) is 5.07. The molecule has 0 unspecified atom stereocenters. The molecule has 0 saturated heterocycles. The predicted molar refractivity (Wildman–Crippen MR) is 87.3 cm³/mol. The zero-order chi connectivity index (χ0) is 12.8. The number of hydrogen-bond acceptors (Lipinski definition) is 0. The Morgan fingerprint density at radius 2 is 0.941 bits per heavy atom. The van der Waals surface area contributed by atoms with Crippen LogP contribution < -0.4 is 0 Å². The lowest BCUT2D eigenvalue weighted by Crippen LogP contribution is -1.86. The molecule has 0 fully saturated rings. The third kappa shape index (κ3) is 17.0. The summed E-state index contributed by atoms with van der Waals surface area (Å²) < 4.78 is 0.526. The summed E-state index contributed by atoms with van der Waals surface area (Å²) in [6.45, 7) is 2.29. The van der Waals surface area contributed by atoms with Crippen LogP contribution in [0.25, 0.3) is 0 Å². The van der Waals surface area contributed by atoms with Gasteiger partial charge in [-0.15, -0.1) is 0 Å². The Hall–Kier alpha value is 0.960. The van der Waals surface area contributed by atoms with Gasteiger partial charge in [-0.2, -0.15) is 0 Å². The summed E-state index contributed by atoms with van der Waals surface area (Å²) in [6.07, 6.45) is 18.5. The van der Waals surface area contributed by atoms with Gasteiger partial charge in [0.15, 0.2) is 0 Å². The van der Waals surface area contributed by atoms with Gasteiger partial charge >= 0.3 is 0 Å². The smallest absolute Gasteiger partial charge is 0.0697 e. The van der Waals surface area contributed by atoms with Crippen molar-refractivity contribution in [3.8, 4) is 0 Å². The van der Waals surface area contributed by atoms with Gasteiger partial charge in [-0.1, -0.05) is 116 Å². The second kappa shape index (κ2) is 15.0. The van der Waals surface area contributed by atoms with Gasteiger partial charge in [-0.05, 0) is 6.42 Å². The van der Waals surface area contributed by atoms with Gasteiger partial charge in [-0.25, -0.2) is 0 Å². The highest BCUT2D eigenvalue weighted by atomic mass is 79.9. The van der Waals surface area contributed by atoms with Gasteiger partial charge in [0.05, 0.1) is 3.74 Å². The minimum atomic E-state index is 0.526. The van der Waals surface area contributed by atoms with E-state index in [1.807, 2.05) is 0 Å². The van der Waals surface area contributed by atoms with Gasteiger partial charge in [0, 0.05) is 0 Å². The molecule has 0 N–H and O–H groups in total. The van der Waals surface area contributed by atoms with Crippen LogP contribution in [0.2, 0.25) is 0 Å². The van der Waals surface area contributed by atoms with E-state index in [1.54, 1.807) is 0 Å². The van der Waals surface area contributed by atoms with Crippen LogP contribution in [0.3, 0.4) is 0 Å². The first-order valence-corrected chi connectivity index (χ1v) is 9.38. The Morgan fingerprint density at radius 1 is 0.588 bits per heavy atom. The molecule has 2 heteroatoms. The number of unbranched alkanes of at least 4 members (excludes halogenated alkanes) is 11. The second-order valence-corrected chi connectivity index (χ2v) is 8.51. The fourth-order valence-electron chi connectivity index (χ4n) is 2.14. The summed E-state index contributed by atoms with van der Waals surface area (Å²) in [4.78, 5) is 0. The number of hydrogen-bond donors (Lipinski definition) is 0. The Morgan fingerprint density at radius 3 is 1.29 bits per heavy atom. The van der Waals surface area contributed by atoms with E-state index in [1.165, 1.54) is 83.5 Å². The van der Waals surface area contributed by atoms with Crippen molar-refractivity contribution in [1.82, 2.24) is 0 Å². The van der Waals surface area contributed by atoms with Crippen molar-refractivity contribution >= 4 is 31.9 Å². The third-order valence-electron chi connectivity index (χ3n) is 3.28. The predicted octanol–water partition coefficient (Wildman–Crippen LogP) is 7.19. The van der Waals surface area contributed by atoms with Gasteiger partial charge < -0.3 is 0 Å². The van der Waals surface area contributed by atoms with Gasteiger partial charge in [0.25, 0.3) is 0 Å². The highest BCUT2D eigenvalue weighted by Gasteiger charge is 1.97.